The number of hydrogen-bond acceptors (Lipinski definition) is 5. The highest BCUT2D eigenvalue weighted by Crippen LogP contribution is 2.26. The molecular weight excluding hydrogens is 302 g/mol. The van der Waals surface area contributed by atoms with Crippen molar-refractivity contribution in [2.45, 2.75) is 32.2 Å². The van der Waals surface area contributed by atoms with Crippen molar-refractivity contribution < 1.29 is 4.42 Å². The molecule has 1 fully saturated rings. The lowest BCUT2D eigenvalue weighted by Crippen LogP contribution is -2.34. The molecule has 6 nitrogen and oxygen atoms in total. The zero-order chi connectivity index (χ0) is 16.4. The molecule has 0 radical (unpaired) electrons. The molecular formula is C18H21N5O. The van der Waals surface area contributed by atoms with E-state index in [4.69, 9.17) is 4.42 Å². The summed E-state index contributed by atoms with van der Waals surface area (Å²) in [6.45, 7) is 4.67. The molecule has 1 aliphatic rings. The van der Waals surface area contributed by atoms with Crippen LogP contribution in [-0.4, -0.2) is 38.2 Å². The van der Waals surface area contributed by atoms with E-state index < -0.39 is 0 Å². The maximum atomic E-state index is 5.68. The molecule has 3 heterocycles. The minimum absolute atomic E-state index is 0.382. The molecule has 1 atom stereocenters. The lowest BCUT2D eigenvalue weighted by atomic mass is 9.97. The third kappa shape index (κ3) is 3.23. The van der Waals surface area contributed by atoms with Crippen molar-refractivity contribution >= 4 is 0 Å². The number of likely N-dealkylation sites (tertiary alicyclic amines) is 1. The Kier molecular flexibility index (Phi) is 4.13. The number of nitrogens with one attached hydrogen (secondary N) is 1. The van der Waals surface area contributed by atoms with Gasteiger partial charge in [-0.2, -0.15) is 5.10 Å². The second-order valence-corrected chi connectivity index (χ2v) is 6.35. The van der Waals surface area contributed by atoms with Crippen molar-refractivity contribution in [3.05, 3.63) is 54.1 Å². The summed E-state index contributed by atoms with van der Waals surface area (Å²) in [5.41, 5.74) is 1.98. The zero-order valence-corrected chi connectivity index (χ0v) is 13.8. The van der Waals surface area contributed by atoms with Gasteiger partial charge in [0.25, 0.3) is 0 Å². The Labute approximate surface area is 140 Å². The number of rotatable bonds is 4. The van der Waals surface area contributed by atoms with E-state index in [2.05, 4.69) is 25.1 Å². The van der Waals surface area contributed by atoms with Crippen LogP contribution < -0.4 is 0 Å². The van der Waals surface area contributed by atoms with Crippen molar-refractivity contribution in [2.75, 3.05) is 13.1 Å². The summed E-state index contributed by atoms with van der Waals surface area (Å²) in [5.74, 6) is 2.95. The van der Waals surface area contributed by atoms with E-state index in [9.17, 15) is 0 Å². The van der Waals surface area contributed by atoms with Crippen molar-refractivity contribution in [1.29, 1.82) is 0 Å². The SMILES string of the molecule is Cc1nc(C2CCCN(Cc3nc(-c4ccccc4)co3)C2)n[nH]1. The van der Waals surface area contributed by atoms with Crippen LogP contribution in [0.4, 0.5) is 0 Å². The Morgan fingerprint density at radius 3 is 2.92 bits per heavy atom. The molecule has 24 heavy (non-hydrogen) atoms. The third-order valence-electron chi connectivity index (χ3n) is 4.47. The molecule has 0 saturated carbocycles. The number of oxazole rings is 1. The average Bonchev–Trinajstić information content (AvgIpc) is 3.25. The van der Waals surface area contributed by atoms with Gasteiger partial charge in [0.05, 0.1) is 6.54 Å². The maximum Gasteiger partial charge on any atom is 0.208 e. The summed E-state index contributed by atoms with van der Waals surface area (Å²) in [6, 6.07) is 10.1. The van der Waals surface area contributed by atoms with Gasteiger partial charge in [-0.15, -0.1) is 0 Å². The molecule has 1 aromatic carbocycles. The highest BCUT2D eigenvalue weighted by molar-refractivity contribution is 5.57. The van der Waals surface area contributed by atoms with Crippen LogP contribution in [0.2, 0.25) is 0 Å². The highest BCUT2D eigenvalue weighted by atomic mass is 16.3. The van der Waals surface area contributed by atoms with Gasteiger partial charge in [0.2, 0.25) is 5.89 Å². The van der Waals surface area contributed by atoms with Crippen LogP contribution in [0.3, 0.4) is 0 Å². The molecule has 2 aromatic heterocycles. The number of nitrogens with zero attached hydrogens (tertiary/aromatic N) is 4. The third-order valence-corrected chi connectivity index (χ3v) is 4.47. The lowest BCUT2D eigenvalue weighted by molar-refractivity contribution is 0.180. The second-order valence-electron chi connectivity index (χ2n) is 6.35. The van der Waals surface area contributed by atoms with E-state index in [0.717, 1.165) is 61.3 Å². The summed E-state index contributed by atoms with van der Waals surface area (Å²) in [4.78, 5) is 11.5. The van der Waals surface area contributed by atoms with Gasteiger partial charge in [-0.25, -0.2) is 9.97 Å². The molecule has 4 rings (SSSR count). The Morgan fingerprint density at radius 2 is 2.12 bits per heavy atom. The molecule has 0 spiro atoms. The first kappa shape index (κ1) is 15.1. The Morgan fingerprint density at radius 1 is 1.25 bits per heavy atom. The van der Waals surface area contributed by atoms with E-state index in [1.165, 1.54) is 0 Å². The number of aryl methyl sites for hydroxylation is 1. The van der Waals surface area contributed by atoms with Gasteiger partial charge in [-0.3, -0.25) is 10.00 Å². The number of aromatic nitrogens is 4. The predicted molar refractivity (Wildman–Crippen MR) is 90.3 cm³/mol. The van der Waals surface area contributed by atoms with Crippen LogP contribution in [0, 0.1) is 6.92 Å². The summed E-state index contributed by atoms with van der Waals surface area (Å²) < 4.78 is 5.68. The molecule has 0 amide bonds. The molecule has 1 saturated heterocycles. The van der Waals surface area contributed by atoms with Crippen LogP contribution >= 0.6 is 0 Å². The second kappa shape index (κ2) is 6.57. The fraction of sp³-hybridized carbons (Fsp3) is 0.389. The standard InChI is InChI=1S/C18H21N5O/c1-13-19-18(22-21-13)15-8-5-9-23(10-15)11-17-20-16(12-24-17)14-6-3-2-4-7-14/h2-4,6-7,12,15H,5,8-11H2,1H3,(H,19,21,22). The van der Waals surface area contributed by atoms with E-state index in [1.807, 2.05) is 37.3 Å². The molecule has 1 unspecified atom stereocenters. The number of hydrogen-bond donors (Lipinski definition) is 1. The Balaban J connectivity index is 1.43. The molecule has 1 aliphatic heterocycles. The van der Waals surface area contributed by atoms with Gasteiger partial charge < -0.3 is 4.42 Å². The largest absolute Gasteiger partial charge is 0.447 e. The van der Waals surface area contributed by atoms with Crippen LogP contribution in [0.1, 0.15) is 36.3 Å². The van der Waals surface area contributed by atoms with Crippen LogP contribution in [0.5, 0.6) is 0 Å². The van der Waals surface area contributed by atoms with Crippen molar-refractivity contribution in [2.24, 2.45) is 0 Å². The van der Waals surface area contributed by atoms with Crippen LogP contribution in [0.25, 0.3) is 11.3 Å². The molecule has 124 valence electrons. The summed E-state index contributed by atoms with van der Waals surface area (Å²) >= 11 is 0. The summed E-state index contributed by atoms with van der Waals surface area (Å²) in [7, 11) is 0. The summed E-state index contributed by atoms with van der Waals surface area (Å²) in [5, 5.41) is 7.26. The van der Waals surface area contributed by atoms with Crippen LogP contribution in [-0.2, 0) is 6.54 Å². The fourth-order valence-electron chi connectivity index (χ4n) is 3.27. The van der Waals surface area contributed by atoms with E-state index in [-0.39, 0.29) is 0 Å². The maximum absolute atomic E-state index is 5.68. The molecule has 6 heteroatoms. The van der Waals surface area contributed by atoms with Gasteiger partial charge in [-0.05, 0) is 26.3 Å². The van der Waals surface area contributed by atoms with E-state index in [1.54, 1.807) is 6.26 Å². The van der Waals surface area contributed by atoms with Crippen molar-refractivity contribution in [3.63, 3.8) is 0 Å². The van der Waals surface area contributed by atoms with Gasteiger partial charge in [0.1, 0.15) is 17.8 Å². The van der Waals surface area contributed by atoms with Gasteiger partial charge in [0, 0.05) is 18.0 Å². The minimum Gasteiger partial charge on any atom is -0.447 e. The normalized spacial score (nSPS) is 18.8. The number of aromatic amines is 1. The smallest absolute Gasteiger partial charge is 0.208 e. The Bertz CT molecular complexity index is 795. The first-order chi connectivity index (χ1) is 11.8. The van der Waals surface area contributed by atoms with Gasteiger partial charge in [-0.1, -0.05) is 30.3 Å². The topological polar surface area (TPSA) is 70.8 Å². The molecule has 3 aromatic rings. The lowest BCUT2D eigenvalue weighted by Gasteiger charge is -2.30. The van der Waals surface area contributed by atoms with E-state index in [0.29, 0.717) is 5.92 Å². The highest BCUT2D eigenvalue weighted by Gasteiger charge is 2.25. The number of piperidine rings is 1. The van der Waals surface area contributed by atoms with Crippen LogP contribution in [0.15, 0.2) is 41.0 Å². The van der Waals surface area contributed by atoms with Gasteiger partial charge in [0.15, 0.2) is 5.82 Å². The molecule has 0 aliphatic carbocycles. The number of H-pyrrole nitrogens is 1. The molecule has 0 bridgehead atoms. The first-order valence-corrected chi connectivity index (χ1v) is 8.39. The minimum atomic E-state index is 0.382. The Hall–Kier alpha value is -2.47. The monoisotopic (exact) mass is 323 g/mol. The predicted octanol–water partition coefficient (Wildman–Crippen LogP) is 3.15. The summed E-state index contributed by atoms with van der Waals surface area (Å²) in [6.07, 6.45) is 4.02. The quantitative estimate of drug-likeness (QED) is 0.798. The molecule has 1 N–H and O–H groups in total. The number of benzene rings is 1. The average molecular weight is 323 g/mol. The van der Waals surface area contributed by atoms with E-state index >= 15 is 0 Å². The zero-order valence-electron chi connectivity index (χ0n) is 13.8. The fourth-order valence-corrected chi connectivity index (χ4v) is 3.27. The first-order valence-electron chi connectivity index (χ1n) is 8.39. The van der Waals surface area contributed by atoms with Crippen molar-refractivity contribution in [3.8, 4) is 11.3 Å². The van der Waals surface area contributed by atoms with Crippen molar-refractivity contribution in [1.82, 2.24) is 25.1 Å². The van der Waals surface area contributed by atoms with Gasteiger partial charge >= 0.3 is 0 Å².